The van der Waals surface area contributed by atoms with Gasteiger partial charge in [-0.25, -0.2) is 9.97 Å². The maximum absolute atomic E-state index is 5.64. The van der Waals surface area contributed by atoms with Gasteiger partial charge in [-0.15, -0.1) is 0 Å². The molecule has 0 spiro atoms. The van der Waals surface area contributed by atoms with Crippen molar-refractivity contribution in [3.05, 3.63) is 18.1 Å². The number of nitrogens with one attached hydrogen (secondary N) is 1. The Labute approximate surface area is 113 Å². The minimum absolute atomic E-state index is 0.0143. The highest BCUT2D eigenvalue weighted by Crippen LogP contribution is 2.37. The summed E-state index contributed by atoms with van der Waals surface area (Å²) in [6, 6.07) is 0. The smallest absolute Gasteiger partial charge is 0.146 e. The van der Waals surface area contributed by atoms with E-state index in [2.05, 4.69) is 46.8 Å². The van der Waals surface area contributed by atoms with Crippen molar-refractivity contribution in [1.29, 1.82) is 0 Å². The van der Waals surface area contributed by atoms with E-state index in [4.69, 9.17) is 4.74 Å². The zero-order valence-corrected chi connectivity index (χ0v) is 11.9. The van der Waals surface area contributed by atoms with E-state index in [0.29, 0.717) is 0 Å². The average Bonchev–Trinajstić information content (AvgIpc) is 2.65. The van der Waals surface area contributed by atoms with E-state index in [1.165, 1.54) is 5.56 Å². The molecule has 0 saturated heterocycles. The van der Waals surface area contributed by atoms with Crippen LogP contribution in [0, 0.1) is 0 Å². The summed E-state index contributed by atoms with van der Waals surface area (Å²) in [5, 5.41) is 4.47. The standard InChI is InChI=1S/C14H20N4O/c1-14(2,3)18-7-9-10(19-4)5-6-15-12-11(9)13(18)17-8-16-12/h7-8,10H,5-6H2,1-4H3,(H,15,16,17). The number of nitrogens with zero attached hydrogens (tertiary/aromatic N) is 3. The number of methoxy groups -OCH3 is 1. The van der Waals surface area contributed by atoms with Gasteiger partial charge in [-0.05, 0) is 27.2 Å². The van der Waals surface area contributed by atoms with Crippen molar-refractivity contribution in [2.24, 2.45) is 0 Å². The Hall–Kier alpha value is -1.62. The van der Waals surface area contributed by atoms with Crippen molar-refractivity contribution < 1.29 is 4.74 Å². The maximum Gasteiger partial charge on any atom is 0.146 e. The molecule has 1 aliphatic heterocycles. The summed E-state index contributed by atoms with van der Waals surface area (Å²) in [6.07, 6.45) is 4.84. The molecule has 0 amide bonds. The lowest BCUT2D eigenvalue weighted by Crippen LogP contribution is -2.21. The van der Waals surface area contributed by atoms with E-state index >= 15 is 0 Å². The van der Waals surface area contributed by atoms with E-state index in [0.717, 1.165) is 29.8 Å². The lowest BCUT2D eigenvalue weighted by atomic mass is 10.1. The lowest BCUT2D eigenvalue weighted by Gasteiger charge is -2.22. The first-order chi connectivity index (χ1) is 9.02. The molecule has 0 aromatic carbocycles. The Kier molecular flexibility index (Phi) is 2.74. The molecule has 0 aliphatic carbocycles. The summed E-state index contributed by atoms with van der Waals surface area (Å²) < 4.78 is 7.85. The number of rotatable bonds is 1. The molecule has 0 saturated carbocycles. The second kappa shape index (κ2) is 4.20. The van der Waals surface area contributed by atoms with Crippen molar-refractivity contribution in [3.8, 4) is 0 Å². The van der Waals surface area contributed by atoms with Crippen LogP contribution in [0.4, 0.5) is 5.82 Å². The first-order valence-electron chi connectivity index (χ1n) is 6.65. The summed E-state index contributed by atoms with van der Waals surface area (Å²) in [5.74, 6) is 0.919. The van der Waals surface area contributed by atoms with Crippen LogP contribution in [0.2, 0.25) is 0 Å². The summed E-state index contributed by atoms with van der Waals surface area (Å²) in [5.41, 5.74) is 2.15. The molecular weight excluding hydrogens is 240 g/mol. The fraction of sp³-hybridized carbons (Fsp3) is 0.571. The van der Waals surface area contributed by atoms with Crippen molar-refractivity contribution >= 4 is 16.9 Å². The van der Waals surface area contributed by atoms with Gasteiger partial charge < -0.3 is 14.6 Å². The molecule has 0 bridgehead atoms. The first-order valence-corrected chi connectivity index (χ1v) is 6.65. The lowest BCUT2D eigenvalue weighted by molar-refractivity contribution is 0.100. The predicted molar refractivity (Wildman–Crippen MR) is 75.4 cm³/mol. The molecule has 3 heterocycles. The van der Waals surface area contributed by atoms with Gasteiger partial charge in [-0.3, -0.25) is 0 Å². The molecule has 102 valence electrons. The Morgan fingerprint density at radius 2 is 2.16 bits per heavy atom. The fourth-order valence-corrected chi connectivity index (χ4v) is 2.70. The van der Waals surface area contributed by atoms with Gasteiger partial charge in [0.1, 0.15) is 17.8 Å². The number of hydrogen-bond donors (Lipinski definition) is 1. The van der Waals surface area contributed by atoms with Gasteiger partial charge >= 0.3 is 0 Å². The third kappa shape index (κ3) is 1.89. The van der Waals surface area contributed by atoms with Crippen LogP contribution in [0.1, 0.15) is 38.9 Å². The van der Waals surface area contributed by atoms with Gasteiger partial charge in [0, 0.05) is 31.0 Å². The van der Waals surface area contributed by atoms with Crippen LogP contribution in [-0.4, -0.2) is 28.2 Å². The van der Waals surface area contributed by atoms with Gasteiger partial charge in [-0.2, -0.15) is 0 Å². The zero-order chi connectivity index (χ0) is 13.6. The SMILES string of the molecule is COC1CCNc2ncnc3c2c1cn3C(C)(C)C. The van der Waals surface area contributed by atoms with E-state index in [9.17, 15) is 0 Å². The number of ether oxygens (including phenoxy) is 1. The summed E-state index contributed by atoms with van der Waals surface area (Å²) in [6.45, 7) is 7.41. The third-order valence-corrected chi connectivity index (χ3v) is 3.67. The topological polar surface area (TPSA) is 52.0 Å². The van der Waals surface area contributed by atoms with E-state index in [1.54, 1.807) is 13.4 Å². The molecule has 1 N–H and O–H groups in total. The molecule has 5 heteroatoms. The molecule has 1 aliphatic rings. The van der Waals surface area contributed by atoms with Gasteiger partial charge in [0.15, 0.2) is 0 Å². The number of aromatic nitrogens is 3. The molecule has 1 atom stereocenters. The van der Waals surface area contributed by atoms with E-state index in [1.807, 2.05) is 0 Å². The quantitative estimate of drug-likeness (QED) is 0.856. The molecule has 5 nitrogen and oxygen atoms in total. The van der Waals surface area contributed by atoms with Crippen molar-refractivity contribution in [3.63, 3.8) is 0 Å². The van der Waals surface area contributed by atoms with Gasteiger partial charge in [0.05, 0.1) is 11.5 Å². The van der Waals surface area contributed by atoms with Crippen LogP contribution in [0.15, 0.2) is 12.5 Å². The Balaban J connectivity index is 2.34. The van der Waals surface area contributed by atoms with Gasteiger partial charge in [0.2, 0.25) is 0 Å². The number of hydrogen-bond acceptors (Lipinski definition) is 4. The van der Waals surface area contributed by atoms with Crippen molar-refractivity contribution in [2.75, 3.05) is 19.0 Å². The molecule has 19 heavy (non-hydrogen) atoms. The van der Waals surface area contributed by atoms with Crippen LogP contribution in [0.5, 0.6) is 0 Å². The molecule has 0 fully saturated rings. The molecule has 0 radical (unpaired) electrons. The normalized spacial score (nSPS) is 19.3. The molecule has 2 aromatic rings. The van der Waals surface area contributed by atoms with Crippen LogP contribution in [0.25, 0.3) is 11.0 Å². The third-order valence-electron chi connectivity index (χ3n) is 3.67. The monoisotopic (exact) mass is 260 g/mol. The van der Waals surface area contributed by atoms with E-state index in [-0.39, 0.29) is 11.6 Å². The second-order valence-corrected chi connectivity index (χ2v) is 5.99. The van der Waals surface area contributed by atoms with Crippen LogP contribution >= 0.6 is 0 Å². The predicted octanol–water partition coefficient (Wildman–Crippen LogP) is 2.69. The number of anilines is 1. The van der Waals surface area contributed by atoms with Gasteiger partial charge in [0.25, 0.3) is 0 Å². The molecule has 1 unspecified atom stereocenters. The average molecular weight is 260 g/mol. The molecular formula is C14H20N4O. The fourth-order valence-electron chi connectivity index (χ4n) is 2.70. The minimum atomic E-state index is -0.0143. The highest BCUT2D eigenvalue weighted by Gasteiger charge is 2.27. The van der Waals surface area contributed by atoms with Crippen LogP contribution in [0.3, 0.4) is 0 Å². The molecule has 3 rings (SSSR count). The Morgan fingerprint density at radius 3 is 2.84 bits per heavy atom. The Morgan fingerprint density at radius 1 is 1.37 bits per heavy atom. The van der Waals surface area contributed by atoms with Crippen LogP contribution in [-0.2, 0) is 10.3 Å². The van der Waals surface area contributed by atoms with E-state index < -0.39 is 0 Å². The summed E-state index contributed by atoms with van der Waals surface area (Å²) in [4.78, 5) is 8.85. The largest absolute Gasteiger partial charge is 0.377 e. The highest BCUT2D eigenvalue weighted by atomic mass is 16.5. The minimum Gasteiger partial charge on any atom is -0.377 e. The summed E-state index contributed by atoms with van der Waals surface area (Å²) in [7, 11) is 1.76. The van der Waals surface area contributed by atoms with Crippen LogP contribution < -0.4 is 5.32 Å². The van der Waals surface area contributed by atoms with Gasteiger partial charge in [-0.1, -0.05) is 0 Å². The highest BCUT2D eigenvalue weighted by molar-refractivity contribution is 5.91. The maximum atomic E-state index is 5.64. The zero-order valence-electron chi connectivity index (χ0n) is 11.9. The first kappa shape index (κ1) is 12.4. The second-order valence-electron chi connectivity index (χ2n) is 5.99. The molecule has 2 aromatic heterocycles. The van der Waals surface area contributed by atoms with Crippen molar-refractivity contribution in [2.45, 2.75) is 38.8 Å². The summed E-state index contributed by atoms with van der Waals surface area (Å²) >= 11 is 0. The van der Waals surface area contributed by atoms with Crippen molar-refractivity contribution in [1.82, 2.24) is 14.5 Å². The Bertz CT molecular complexity index is 612.